The third kappa shape index (κ3) is 3.08. The minimum atomic E-state index is 0.319. The summed E-state index contributed by atoms with van der Waals surface area (Å²) < 4.78 is 6.36. The first-order valence-corrected chi connectivity index (χ1v) is 6.56. The van der Waals surface area contributed by atoms with E-state index in [1.807, 2.05) is 12.1 Å². The summed E-state index contributed by atoms with van der Waals surface area (Å²) in [5, 5.41) is 3.63. The Kier molecular flexibility index (Phi) is 3.87. The van der Waals surface area contributed by atoms with Crippen LogP contribution < -0.4 is 5.32 Å². The Morgan fingerprint density at radius 1 is 1.33 bits per heavy atom. The van der Waals surface area contributed by atoms with Gasteiger partial charge in [-0.1, -0.05) is 19.3 Å². The van der Waals surface area contributed by atoms with Gasteiger partial charge in [0.2, 0.25) is 0 Å². The molecule has 1 saturated carbocycles. The van der Waals surface area contributed by atoms with Gasteiger partial charge in [0.15, 0.2) is 4.67 Å². The van der Waals surface area contributed by atoms with E-state index in [9.17, 15) is 0 Å². The molecule has 2 nitrogen and oxygen atoms in total. The predicted molar refractivity (Wildman–Crippen MR) is 64.8 cm³/mol. The maximum Gasteiger partial charge on any atom is 0.169 e. The third-order valence-electron chi connectivity index (χ3n) is 3.11. The molecular weight excluding hydrogens is 254 g/mol. The van der Waals surface area contributed by atoms with Gasteiger partial charge in [-0.05, 0) is 47.8 Å². The van der Waals surface area contributed by atoms with Gasteiger partial charge in [-0.25, -0.2) is 0 Å². The first-order chi connectivity index (χ1) is 7.25. The zero-order valence-corrected chi connectivity index (χ0v) is 10.7. The lowest BCUT2D eigenvalue weighted by Gasteiger charge is -2.25. The van der Waals surface area contributed by atoms with Crippen LogP contribution in [0.1, 0.15) is 50.8 Å². The highest BCUT2D eigenvalue weighted by Crippen LogP contribution is 2.24. The molecule has 0 bridgehead atoms. The summed E-state index contributed by atoms with van der Waals surface area (Å²) >= 11 is 3.33. The molecule has 0 saturated heterocycles. The van der Waals surface area contributed by atoms with Crippen LogP contribution in [-0.4, -0.2) is 6.04 Å². The molecule has 1 aliphatic rings. The normalized spacial score (nSPS) is 20.4. The third-order valence-corrected chi connectivity index (χ3v) is 3.54. The zero-order valence-electron chi connectivity index (χ0n) is 9.13. The van der Waals surface area contributed by atoms with Gasteiger partial charge in [0.05, 0.1) is 6.04 Å². The number of hydrogen-bond acceptors (Lipinski definition) is 2. The number of furan rings is 1. The molecule has 0 aliphatic heterocycles. The Labute approximate surface area is 99.6 Å². The molecule has 3 heteroatoms. The van der Waals surface area contributed by atoms with Crippen molar-refractivity contribution in [3.05, 3.63) is 22.6 Å². The molecule has 1 fully saturated rings. The van der Waals surface area contributed by atoms with Crippen molar-refractivity contribution in [3.63, 3.8) is 0 Å². The van der Waals surface area contributed by atoms with Crippen molar-refractivity contribution in [1.82, 2.24) is 5.32 Å². The quantitative estimate of drug-likeness (QED) is 0.898. The Morgan fingerprint density at radius 3 is 2.67 bits per heavy atom. The molecule has 1 atom stereocenters. The lowest BCUT2D eigenvalue weighted by atomic mass is 9.95. The number of hydrogen-bond donors (Lipinski definition) is 1. The lowest BCUT2D eigenvalue weighted by molar-refractivity contribution is 0.321. The second kappa shape index (κ2) is 5.17. The molecule has 15 heavy (non-hydrogen) atoms. The predicted octanol–water partition coefficient (Wildman–Crippen LogP) is 4.03. The molecule has 1 N–H and O–H groups in total. The van der Waals surface area contributed by atoms with Crippen molar-refractivity contribution in [1.29, 1.82) is 0 Å². The van der Waals surface area contributed by atoms with Crippen molar-refractivity contribution < 1.29 is 4.42 Å². The van der Waals surface area contributed by atoms with Gasteiger partial charge in [-0.15, -0.1) is 0 Å². The average molecular weight is 272 g/mol. The van der Waals surface area contributed by atoms with E-state index in [-0.39, 0.29) is 0 Å². The van der Waals surface area contributed by atoms with E-state index in [4.69, 9.17) is 4.42 Å². The van der Waals surface area contributed by atoms with Gasteiger partial charge < -0.3 is 9.73 Å². The van der Waals surface area contributed by atoms with Crippen LogP contribution in [0.2, 0.25) is 0 Å². The Bertz CT molecular complexity index is 304. The first kappa shape index (κ1) is 11.2. The van der Waals surface area contributed by atoms with Crippen molar-refractivity contribution in [2.45, 2.75) is 51.1 Å². The van der Waals surface area contributed by atoms with E-state index in [2.05, 4.69) is 28.2 Å². The molecule has 1 aromatic heterocycles. The van der Waals surface area contributed by atoms with Crippen LogP contribution >= 0.6 is 15.9 Å². The number of nitrogens with one attached hydrogen (secondary N) is 1. The molecule has 2 rings (SSSR count). The fourth-order valence-corrected chi connectivity index (χ4v) is 2.59. The van der Waals surface area contributed by atoms with Crippen LogP contribution in [0.5, 0.6) is 0 Å². The molecule has 0 aromatic carbocycles. The van der Waals surface area contributed by atoms with Crippen molar-refractivity contribution >= 4 is 15.9 Å². The zero-order chi connectivity index (χ0) is 10.7. The molecule has 0 radical (unpaired) electrons. The first-order valence-electron chi connectivity index (χ1n) is 5.77. The van der Waals surface area contributed by atoms with E-state index < -0.39 is 0 Å². The maximum atomic E-state index is 5.54. The largest absolute Gasteiger partial charge is 0.453 e. The highest BCUT2D eigenvalue weighted by Gasteiger charge is 2.17. The topological polar surface area (TPSA) is 25.2 Å². The highest BCUT2D eigenvalue weighted by atomic mass is 79.9. The lowest BCUT2D eigenvalue weighted by Crippen LogP contribution is -2.32. The Morgan fingerprint density at radius 2 is 2.07 bits per heavy atom. The summed E-state index contributed by atoms with van der Waals surface area (Å²) in [4.78, 5) is 0. The second-order valence-corrected chi connectivity index (χ2v) is 5.15. The molecule has 1 aliphatic carbocycles. The minimum Gasteiger partial charge on any atom is -0.453 e. The van der Waals surface area contributed by atoms with Gasteiger partial charge in [0.1, 0.15) is 5.76 Å². The number of halogens is 1. The fourth-order valence-electron chi connectivity index (χ4n) is 2.27. The maximum absolute atomic E-state index is 5.54. The Balaban J connectivity index is 1.88. The van der Waals surface area contributed by atoms with E-state index in [0.717, 1.165) is 10.4 Å². The van der Waals surface area contributed by atoms with Crippen molar-refractivity contribution in [2.75, 3.05) is 0 Å². The van der Waals surface area contributed by atoms with E-state index in [1.54, 1.807) is 0 Å². The number of rotatable bonds is 3. The summed E-state index contributed by atoms with van der Waals surface area (Å²) in [6, 6.07) is 4.98. The monoisotopic (exact) mass is 271 g/mol. The van der Waals surface area contributed by atoms with Crippen LogP contribution in [0.15, 0.2) is 21.2 Å². The second-order valence-electron chi connectivity index (χ2n) is 4.37. The molecule has 1 unspecified atom stereocenters. The average Bonchev–Trinajstić information content (AvgIpc) is 2.66. The van der Waals surface area contributed by atoms with Crippen LogP contribution in [-0.2, 0) is 0 Å². The highest BCUT2D eigenvalue weighted by molar-refractivity contribution is 9.10. The minimum absolute atomic E-state index is 0.319. The van der Waals surface area contributed by atoms with Gasteiger partial charge in [-0.2, -0.15) is 0 Å². The molecule has 84 valence electrons. The molecule has 0 spiro atoms. The Hall–Kier alpha value is -0.280. The summed E-state index contributed by atoms with van der Waals surface area (Å²) in [5.74, 6) is 1.02. The summed E-state index contributed by atoms with van der Waals surface area (Å²) in [7, 11) is 0. The summed E-state index contributed by atoms with van der Waals surface area (Å²) in [5.41, 5.74) is 0. The summed E-state index contributed by atoms with van der Waals surface area (Å²) in [6.45, 7) is 2.17. The van der Waals surface area contributed by atoms with Gasteiger partial charge in [0, 0.05) is 6.04 Å². The van der Waals surface area contributed by atoms with Crippen molar-refractivity contribution in [3.8, 4) is 0 Å². The fraction of sp³-hybridized carbons (Fsp3) is 0.667. The smallest absolute Gasteiger partial charge is 0.169 e. The van der Waals surface area contributed by atoms with E-state index in [0.29, 0.717) is 12.1 Å². The van der Waals surface area contributed by atoms with Gasteiger partial charge in [-0.3, -0.25) is 0 Å². The van der Waals surface area contributed by atoms with Crippen molar-refractivity contribution in [2.24, 2.45) is 0 Å². The van der Waals surface area contributed by atoms with E-state index in [1.165, 1.54) is 32.1 Å². The van der Waals surface area contributed by atoms with Crippen LogP contribution in [0, 0.1) is 0 Å². The van der Waals surface area contributed by atoms with Crippen LogP contribution in [0.4, 0.5) is 0 Å². The van der Waals surface area contributed by atoms with Crippen LogP contribution in [0.3, 0.4) is 0 Å². The van der Waals surface area contributed by atoms with Crippen LogP contribution in [0.25, 0.3) is 0 Å². The van der Waals surface area contributed by atoms with Gasteiger partial charge in [0.25, 0.3) is 0 Å². The van der Waals surface area contributed by atoms with E-state index >= 15 is 0 Å². The summed E-state index contributed by atoms with van der Waals surface area (Å²) in [6.07, 6.45) is 6.76. The molecule has 1 heterocycles. The molecule has 1 aromatic rings. The van der Waals surface area contributed by atoms with Gasteiger partial charge >= 0.3 is 0 Å². The molecule has 0 amide bonds. The SMILES string of the molecule is CC(NC1CCCCC1)c1ccc(Br)o1. The standard InChI is InChI=1S/C12H18BrNO/c1-9(11-7-8-12(13)15-11)14-10-5-3-2-4-6-10/h7-10,14H,2-6H2,1H3. The molecular formula is C12H18BrNO.